The molecule has 9 heteroatoms. The molecule has 0 saturated heterocycles. The van der Waals surface area contributed by atoms with Crippen LogP contribution < -0.4 is 0 Å². The van der Waals surface area contributed by atoms with Crippen LogP contribution >= 0.6 is 7.82 Å². The Labute approximate surface area is 161 Å². The smallest absolute Gasteiger partial charge is 0.462 e. The highest BCUT2D eigenvalue weighted by Gasteiger charge is 2.26. The van der Waals surface area contributed by atoms with E-state index in [9.17, 15) is 14.2 Å². The van der Waals surface area contributed by atoms with Crippen LogP contribution in [0.1, 0.15) is 45.4 Å². The van der Waals surface area contributed by atoms with Gasteiger partial charge in [0.2, 0.25) is 0 Å². The van der Waals surface area contributed by atoms with Crippen LogP contribution in [0.15, 0.2) is 25.3 Å². The average Bonchev–Trinajstić information content (AvgIpc) is 2.66. The Morgan fingerprint density at radius 3 is 1.59 bits per heavy atom. The highest BCUT2D eigenvalue weighted by molar-refractivity contribution is 7.48. The number of unbranched alkanes of at least 4 members (excludes halogenated alkanes) is 3. The van der Waals surface area contributed by atoms with Crippen LogP contribution in [-0.4, -0.2) is 45.0 Å². The van der Waals surface area contributed by atoms with Crippen molar-refractivity contribution in [3.8, 4) is 0 Å². The molecule has 8 nitrogen and oxygen atoms in total. The summed E-state index contributed by atoms with van der Waals surface area (Å²) < 4.78 is 38.1. The molecule has 0 aromatic carbocycles. The number of hydrogen-bond donors (Lipinski definition) is 0. The third-order valence-corrected chi connectivity index (χ3v) is 4.64. The molecule has 0 aromatic rings. The van der Waals surface area contributed by atoms with E-state index in [1.807, 2.05) is 0 Å². The van der Waals surface area contributed by atoms with Gasteiger partial charge in [0.15, 0.2) is 0 Å². The summed E-state index contributed by atoms with van der Waals surface area (Å²) in [7, 11) is -3.73. The van der Waals surface area contributed by atoms with E-state index in [-0.39, 0.29) is 33.0 Å². The van der Waals surface area contributed by atoms with Crippen LogP contribution in [0.25, 0.3) is 0 Å². The van der Waals surface area contributed by atoms with Crippen LogP contribution in [0.5, 0.6) is 0 Å². The van der Waals surface area contributed by atoms with Crippen molar-refractivity contribution in [2.45, 2.75) is 45.4 Å². The minimum absolute atomic E-state index is 0.0438. The molecule has 0 aliphatic carbocycles. The van der Waals surface area contributed by atoms with Gasteiger partial charge in [-0.3, -0.25) is 13.6 Å². The molecule has 0 aliphatic heterocycles. The third kappa shape index (κ3) is 15.3. The molecule has 0 rings (SSSR count). The molecule has 0 aromatic heterocycles. The van der Waals surface area contributed by atoms with E-state index in [4.69, 9.17) is 23.0 Å². The molecule has 0 saturated carbocycles. The summed E-state index contributed by atoms with van der Waals surface area (Å²) in [5, 5.41) is 0. The molecule has 0 N–H and O–H groups in total. The van der Waals surface area contributed by atoms with Crippen LogP contribution in [0.4, 0.5) is 0 Å². The molecule has 0 unspecified atom stereocenters. The Hall–Kier alpha value is -1.47. The lowest BCUT2D eigenvalue weighted by atomic mass is 10.2. The maximum absolute atomic E-state index is 12.6. The van der Waals surface area contributed by atoms with Gasteiger partial charge in [-0.2, -0.15) is 0 Å². The number of carbonyl (C=O) groups is 2. The monoisotopic (exact) mass is 406 g/mol. The zero-order valence-corrected chi connectivity index (χ0v) is 17.0. The van der Waals surface area contributed by atoms with E-state index in [0.29, 0.717) is 12.8 Å². The van der Waals surface area contributed by atoms with Gasteiger partial charge in [-0.15, -0.1) is 0 Å². The van der Waals surface area contributed by atoms with Crippen molar-refractivity contribution in [2.24, 2.45) is 0 Å². The van der Waals surface area contributed by atoms with Crippen LogP contribution in [0, 0.1) is 0 Å². The van der Waals surface area contributed by atoms with Crippen molar-refractivity contribution in [3.63, 3.8) is 0 Å². The summed E-state index contributed by atoms with van der Waals surface area (Å²) >= 11 is 0. The van der Waals surface area contributed by atoms with E-state index in [1.54, 1.807) is 0 Å². The Bertz CT molecular complexity index is 458. The van der Waals surface area contributed by atoms with Gasteiger partial charge in [-0.05, 0) is 6.42 Å². The summed E-state index contributed by atoms with van der Waals surface area (Å²) in [6, 6.07) is 0. The summed E-state index contributed by atoms with van der Waals surface area (Å²) in [4.78, 5) is 21.9. The highest BCUT2D eigenvalue weighted by atomic mass is 31.2. The average molecular weight is 406 g/mol. The van der Waals surface area contributed by atoms with Crippen molar-refractivity contribution in [2.75, 3.05) is 33.0 Å². The number of phosphoric acid groups is 1. The lowest BCUT2D eigenvalue weighted by Crippen LogP contribution is -2.09. The molecule has 27 heavy (non-hydrogen) atoms. The second-order valence-electron chi connectivity index (χ2n) is 5.46. The molecule has 0 radical (unpaired) electrons. The van der Waals surface area contributed by atoms with E-state index < -0.39 is 19.8 Å². The molecule has 0 aliphatic rings. The molecule has 0 fully saturated rings. The molecule has 0 heterocycles. The minimum Gasteiger partial charge on any atom is -0.462 e. The van der Waals surface area contributed by atoms with E-state index in [0.717, 1.165) is 37.8 Å². The lowest BCUT2D eigenvalue weighted by molar-refractivity contribution is -0.138. The Morgan fingerprint density at radius 1 is 0.741 bits per heavy atom. The number of esters is 2. The lowest BCUT2D eigenvalue weighted by Gasteiger charge is -2.18. The maximum Gasteiger partial charge on any atom is 0.474 e. The minimum atomic E-state index is -3.73. The predicted molar refractivity (Wildman–Crippen MR) is 101 cm³/mol. The van der Waals surface area contributed by atoms with Crippen molar-refractivity contribution < 1.29 is 37.2 Å². The van der Waals surface area contributed by atoms with Gasteiger partial charge in [0.05, 0.1) is 33.0 Å². The predicted octanol–water partition coefficient (Wildman–Crippen LogP) is 3.96. The SMILES string of the molecule is C=CC(=O)OCCCOP(=O)(OCCCCCC)OCCCOC(=O)C=C. The molecule has 156 valence electrons. The molecular formula is C18H31O8P. The molecule has 0 atom stereocenters. The quantitative estimate of drug-likeness (QED) is 0.146. The summed E-state index contributed by atoms with van der Waals surface area (Å²) in [6.07, 6.45) is 6.66. The van der Waals surface area contributed by atoms with E-state index in [2.05, 4.69) is 20.1 Å². The fraction of sp³-hybridized carbons (Fsp3) is 0.667. The zero-order chi connectivity index (χ0) is 20.4. The first-order valence-corrected chi connectivity index (χ1v) is 10.6. The van der Waals surface area contributed by atoms with Gasteiger partial charge >= 0.3 is 19.8 Å². The normalized spacial score (nSPS) is 11.0. The van der Waals surface area contributed by atoms with Gasteiger partial charge in [-0.25, -0.2) is 14.2 Å². The fourth-order valence-corrected chi connectivity index (χ4v) is 3.03. The van der Waals surface area contributed by atoms with Crippen LogP contribution in [0.2, 0.25) is 0 Å². The van der Waals surface area contributed by atoms with Gasteiger partial charge in [0.1, 0.15) is 0 Å². The fourth-order valence-electron chi connectivity index (χ4n) is 1.75. The Morgan fingerprint density at radius 2 is 1.19 bits per heavy atom. The van der Waals surface area contributed by atoms with Gasteiger partial charge < -0.3 is 9.47 Å². The van der Waals surface area contributed by atoms with E-state index >= 15 is 0 Å². The summed E-state index contributed by atoms with van der Waals surface area (Å²) in [6.45, 7) is 9.24. The Balaban J connectivity index is 4.23. The second kappa shape index (κ2) is 16.7. The molecule has 0 bridgehead atoms. The van der Waals surface area contributed by atoms with Crippen molar-refractivity contribution in [1.29, 1.82) is 0 Å². The van der Waals surface area contributed by atoms with Gasteiger partial charge in [0.25, 0.3) is 0 Å². The Kier molecular flexibility index (Phi) is 15.8. The van der Waals surface area contributed by atoms with Crippen molar-refractivity contribution in [1.82, 2.24) is 0 Å². The number of carbonyl (C=O) groups excluding carboxylic acids is 2. The third-order valence-electron chi connectivity index (χ3n) is 3.15. The first kappa shape index (κ1) is 25.5. The highest BCUT2D eigenvalue weighted by Crippen LogP contribution is 2.49. The first-order valence-electron chi connectivity index (χ1n) is 9.09. The van der Waals surface area contributed by atoms with E-state index in [1.165, 1.54) is 0 Å². The summed E-state index contributed by atoms with van der Waals surface area (Å²) in [5.74, 6) is -1.06. The van der Waals surface area contributed by atoms with Crippen LogP contribution in [0.3, 0.4) is 0 Å². The molecular weight excluding hydrogens is 375 g/mol. The van der Waals surface area contributed by atoms with Gasteiger partial charge in [0, 0.05) is 25.0 Å². The number of rotatable bonds is 18. The largest absolute Gasteiger partial charge is 0.474 e. The maximum atomic E-state index is 12.6. The zero-order valence-electron chi connectivity index (χ0n) is 16.1. The standard InChI is InChI=1S/C18H31O8P/c1-4-7-8-9-14-24-27(21,25-15-10-12-22-17(19)5-2)26-16-11-13-23-18(20)6-3/h5-6H,2-4,7-16H2,1H3. The second-order valence-corrected chi connectivity index (χ2v) is 7.13. The van der Waals surface area contributed by atoms with Gasteiger partial charge in [-0.1, -0.05) is 39.3 Å². The molecule has 0 spiro atoms. The summed E-state index contributed by atoms with van der Waals surface area (Å²) in [5.41, 5.74) is 0. The number of phosphoric ester groups is 1. The number of ether oxygens (including phenoxy) is 2. The number of hydrogen-bond acceptors (Lipinski definition) is 8. The van der Waals surface area contributed by atoms with Crippen molar-refractivity contribution in [3.05, 3.63) is 25.3 Å². The first-order chi connectivity index (χ1) is 13.0. The van der Waals surface area contributed by atoms with Crippen molar-refractivity contribution >= 4 is 19.8 Å². The topological polar surface area (TPSA) is 97.4 Å². The van der Waals surface area contributed by atoms with Crippen LogP contribution in [-0.2, 0) is 37.2 Å². The molecule has 0 amide bonds.